The van der Waals surface area contributed by atoms with Gasteiger partial charge in [-0.2, -0.15) is 18.2 Å². The number of β-amino-alcohol motifs (C(OH)–C–C–N with tert-alkyl or cyclic N) is 1. The monoisotopic (exact) mass is 557 g/mol. The number of rotatable bonds is 10. The van der Waals surface area contributed by atoms with Crippen LogP contribution in [0.2, 0.25) is 0 Å². The molecule has 0 spiro atoms. The molecule has 1 saturated heterocycles. The first-order valence-corrected chi connectivity index (χ1v) is 12.9. The van der Waals surface area contributed by atoms with E-state index < -0.39 is 17.5 Å². The second-order valence-electron chi connectivity index (χ2n) is 9.99. The molecule has 1 atom stereocenters. The summed E-state index contributed by atoms with van der Waals surface area (Å²) in [6.45, 7) is 5.79. The zero-order valence-electron chi connectivity index (χ0n) is 22.0. The van der Waals surface area contributed by atoms with Crippen molar-refractivity contribution in [3.05, 3.63) is 78.1 Å². The van der Waals surface area contributed by atoms with E-state index in [9.17, 15) is 18.3 Å². The number of ether oxygens (including phenoxy) is 1. The topological polar surface area (TPSA) is 101 Å². The van der Waals surface area contributed by atoms with Gasteiger partial charge in [0.15, 0.2) is 18.0 Å². The van der Waals surface area contributed by atoms with Crippen molar-refractivity contribution in [2.45, 2.75) is 31.9 Å². The SMILES string of the molecule is C[C@](O)(CN1CCN(Cc2noc(-c3ccc(C(F)(F)F)cc3)n2)CC1)OCCc1cccc(-c2cocn2)c1. The van der Waals surface area contributed by atoms with Crippen molar-refractivity contribution in [1.82, 2.24) is 24.9 Å². The zero-order valence-corrected chi connectivity index (χ0v) is 22.0. The number of halogens is 3. The first-order valence-electron chi connectivity index (χ1n) is 12.9. The molecule has 0 bridgehead atoms. The Kier molecular flexibility index (Phi) is 8.31. The maximum atomic E-state index is 12.8. The minimum Gasteiger partial charge on any atom is -0.451 e. The Bertz CT molecular complexity index is 1370. The van der Waals surface area contributed by atoms with Gasteiger partial charge in [-0.15, -0.1) is 0 Å². The van der Waals surface area contributed by atoms with Crippen LogP contribution in [0.25, 0.3) is 22.7 Å². The van der Waals surface area contributed by atoms with Crippen LogP contribution in [0.3, 0.4) is 0 Å². The molecule has 2 aromatic heterocycles. The molecular weight excluding hydrogens is 527 g/mol. The minimum atomic E-state index is -4.40. The predicted molar refractivity (Wildman–Crippen MR) is 139 cm³/mol. The van der Waals surface area contributed by atoms with Gasteiger partial charge < -0.3 is 18.8 Å². The van der Waals surface area contributed by atoms with Gasteiger partial charge >= 0.3 is 6.18 Å². The molecule has 0 radical (unpaired) electrons. The van der Waals surface area contributed by atoms with E-state index in [1.54, 1.807) is 13.2 Å². The zero-order chi connectivity index (χ0) is 28.2. The van der Waals surface area contributed by atoms with Gasteiger partial charge in [-0.3, -0.25) is 9.80 Å². The van der Waals surface area contributed by atoms with Crippen molar-refractivity contribution in [3.63, 3.8) is 0 Å². The minimum absolute atomic E-state index is 0.181. The van der Waals surface area contributed by atoms with Crippen LogP contribution in [0.1, 0.15) is 23.9 Å². The summed E-state index contributed by atoms with van der Waals surface area (Å²) in [5.74, 6) is -0.650. The number of nitrogens with zero attached hydrogens (tertiary/aromatic N) is 5. The summed E-state index contributed by atoms with van der Waals surface area (Å²) < 4.78 is 54.5. The van der Waals surface area contributed by atoms with E-state index in [-0.39, 0.29) is 5.89 Å². The Hall–Kier alpha value is -3.58. The van der Waals surface area contributed by atoms with Gasteiger partial charge in [-0.1, -0.05) is 23.4 Å². The van der Waals surface area contributed by atoms with Crippen molar-refractivity contribution in [1.29, 1.82) is 0 Å². The molecule has 0 amide bonds. The molecule has 1 aliphatic rings. The van der Waals surface area contributed by atoms with Crippen molar-refractivity contribution in [3.8, 4) is 22.7 Å². The summed E-state index contributed by atoms with van der Waals surface area (Å²) in [6.07, 6.45) is -0.750. The number of oxazole rings is 1. The molecule has 40 heavy (non-hydrogen) atoms. The Morgan fingerprint density at radius 2 is 1.75 bits per heavy atom. The predicted octanol–water partition coefficient (Wildman–Crippen LogP) is 4.50. The summed E-state index contributed by atoms with van der Waals surface area (Å²) in [6, 6.07) is 12.6. The lowest BCUT2D eigenvalue weighted by atomic mass is 10.1. The average molecular weight is 558 g/mol. The normalized spacial score (nSPS) is 16.7. The molecule has 3 heterocycles. The lowest BCUT2D eigenvalue weighted by molar-refractivity contribution is -0.201. The lowest BCUT2D eigenvalue weighted by Crippen LogP contribution is -2.51. The molecule has 12 heteroatoms. The highest BCUT2D eigenvalue weighted by Crippen LogP contribution is 2.30. The number of benzene rings is 2. The van der Waals surface area contributed by atoms with Crippen LogP contribution in [0.5, 0.6) is 0 Å². The first-order chi connectivity index (χ1) is 19.1. The standard InChI is InChI=1S/C28H30F3N5O4/c1-27(37,39-14-9-20-3-2-4-22(15-20)24-17-38-19-32-24)18-36-12-10-35(11-13-36)16-25-33-26(40-34-25)21-5-7-23(8-6-21)28(29,30)31/h2-8,15,17,19,37H,9-14,16,18H2,1H3/t27-/m1/s1. The number of piperazine rings is 1. The molecule has 9 nitrogen and oxygen atoms in total. The van der Waals surface area contributed by atoms with Crippen LogP contribution in [0, 0.1) is 0 Å². The second kappa shape index (κ2) is 11.9. The first kappa shape index (κ1) is 28.0. The van der Waals surface area contributed by atoms with Gasteiger partial charge in [0.1, 0.15) is 12.0 Å². The maximum absolute atomic E-state index is 12.8. The third kappa shape index (κ3) is 7.33. The number of alkyl halides is 3. The van der Waals surface area contributed by atoms with Gasteiger partial charge in [0.2, 0.25) is 0 Å². The van der Waals surface area contributed by atoms with E-state index in [0.717, 1.165) is 55.1 Å². The van der Waals surface area contributed by atoms with E-state index in [0.29, 0.717) is 37.5 Å². The van der Waals surface area contributed by atoms with Crippen LogP contribution in [-0.2, 0) is 23.9 Å². The quantitative estimate of drug-likeness (QED) is 0.283. The number of hydrogen-bond acceptors (Lipinski definition) is 9. The smallest absolute Gasteiger partial charge is 0.416 e. The molecule has 4 aromatic rings. The third-order valence-electron chi connectivity index (χ3n) is 6.73. The molecule has 0 unspecified atom stereocenters. The van der Waals surface area contributed by atoms with Crippen LogP contribution in [0.15, 0.2) is 70.1 Å². The molecule has 0 saturated carbocycles. The molecule has 2 aromatic carbocycles. The number of aliphatic hydroxyl groups is 1. The summed E-state index contributed by atoms with van der Waals surface area (Å²) in [5, 5.41) is 14.8. The van der Waals surface area contributed by atoms with Crippen LogP contribution < -0.4 is 0 Å². The van der Waals surface area contributed by atoms with Crippen molar-refractivity contribution in [2.75, 3.05) is 39.3 Å². The molecule has 5 rings (SSSR count). The average Bonchev–Trinajstić information content (AvgIpc) is 3.62. The van der Waals surface area contributed by atoms with E-state index in [4.69, 9.17) is 13.7 Å². The molecule has 0 aliphatic carbocycles. The fourth-order valence-corrected chi connectivity index (χ4v) is 4.63. The molecule has 1 fully saturated rings. The summed E-state index contributed by atoms with van der Waals surface area (Å²) in [4.78, 5) is 12.8. The van der Waals surface area contributed by atoms with Crippen molar-refractivity contribution in [2.24, 2.45) is 0 Å². The van der Waals surface area contributed by atoms with Crippen LogP contribution in [0.4, 0.5) is 13.2 Å². The lowest BCUT2D eigenvalue weighted by Gasteiger charge is -2.37. The second-order valence-corrected chi connectivity index (χ2v) is 9.99. The van der Waals surface area contributed by atoms with Gasteiger partial charge in [-0.25, -0.2) is 4.98 Å². The van der Waals surface area contributed by atoms with Crippen molar-refractivity contribution >= 4 is 0 Å². The van der Waals surface area contributed by atoms with E-state index in [2.05, 4.69) is 24.9 Å². The molecule has 1 N–H and O–H groups in total. The Morgan fingerprint density at radius 3 is 2.45 bits per heavy atom. The molecule has 212 valence electrons. The largest absolute Gasteiger partial charge is 0.451 e. The van der Waals surface area contributed by atoms with Crippen LogP contribution >= 0.6 is 0 Å². The Morgan fingerprint density at radius 1 is 1.00 bits per heavy atom. The molecular formula is C28H30F3N5O4. The number of hydrogen-bond donors (Lipinski definition) is 1. The summed E-state index contributed by atoms with van der Waals surface area (Å²) >= 11 is 0. The highest BCUT2D eigenvalue weighted by atomic mass is 19.4. The van der Waals surface area contributed by atoms with Crippen molar-refractivity contribution < 1.29 is 32.0 Å². The van der Waals surface area contributed by atoms with Gasteiger partial charge in [0.05, 0.1) is 25.3 Å². The van der Waals surface area contributed by atoms with Crippen LogP contribution in [-0.4, -0.2) is 75.1 Å². The Labute approximate surface area is 229 Å². The summed E-state index contributed by atoms with van der Waals surface area (Å²) in [7, 11) is 0. The van der Waals surface area contributed by atoms with E-state index in [1.165, 1.54) is 18.5 Å². The summed E-state index contributed by atoms with van der Waals surface area (Å²) in [5.41, 5.74) is 2.52. The van der Waals surface area contributed by atoms with Gasteiger partial charge in [0, 0.05) is 37.3 Å². The van der Waals surface area contributed by atoms with Gasteiger partial charge in [-0.05, 0) is 49.2 Å². The van der Waals surface area contributed by atoms with Gasteiger partial charge in [0.25, 0.3) is 5.89 Å². The van der Waals surface area contributed by atoms with E-state index >= 15 is 0 Å². The Balaban J connectivity index is 1.05. The highest BCUT2D eigenvalue weighted by Gasteiger charge is 2.30. The maximum Gasteiger partial charge on any atom is 0.416 e. The highest BCUT2D eigenvalue weighted by molar-refractivity contribution is 5.58. The molecule has 1 aliphatic heterocycles. The van der Waals surface area contributed by atoms with E-state index in [1.807, 2.05) is 24.3 Å². The number of aromatic nitrogens is 3. The fraction of sp³-hybridized carbons (Fsp3) is 0.393. The third-order valence-corrected chi connectivity index (χ3v) is 6.73. The fourth-order valence-electron chi connectivity index (χ4n) is 4.63.